The van der Waals surface area contributed by atoms with Crippen LogP contribution in [-0.4, -0.2) is 66.4 Å². The Morgan fingerprint density at radius 2 is 1.79 bits per heavy atom. The summed E-state index contributed by atoms with van der Waals surface area (Å²) >= 11 is 1.18. The Morgan fingerprint density at radius 3 is 2.40 bits per heavy atom. The van der Waals surface area contributed by atoms with E-state index in [1.165, 1.54) is 23.5 Å². The van der Waals surface area contributed by atoms with E-state index in [4.69, 9.17) is 4.74 Å². The molecule has 0 atom stereocenters. The monoisotopic (exact) mass is 633 g/mol. The van der Waals surface area contributed by atoms with E-state index in [-0.39, 0.29) is 33.3 Å². The highest BCUT2D eigenvalue weighted by molar-refractivity contribution is 7.90. The van der Waals surface area contributed by atoms with Gasteiger partial charge in [-0.15, -0.1) is 11.3 Å². The molecule has 2 heterocycles. The van der Waals surface area contributed by atoms with Crippen LogP contribution in [0.4, 0.5) is 37.7 Å². The van der Waals surface area contributed by atoms with Gasteiger partial charge in [0, 0.05) is 31.5 Å². The van der Waals surface area contributed by atoms with Crippen molar-refractivity contribution in [3.05, 3.63) is 46.8 Å². The summed E-state index contributed by atoms with van der Waals surface area (Å²) in [6.07, 6.45) is -7.55. The summed E-state index contributed by atoms with van der Waals surface area (Å²) in [5, 5.41) is 6.53. The number of ether oxygens (including phenoxy) is 1. The zero-order valence-corrected chi connectivity index (χ0v) is 24.4. The molecule has 2 aromatic carbocycles. The van der Waals surface area contributed by atoms with Crippen molar-refractivity contribution in [2.24, 2.45) is 0 Å². The average Bonchev–Trinajstić information content (AvgIpc) is 3.25. The van der Waals surface area contributed by atoms with Gasteiger partial charge in [0.2, 0.25) is 0 Å². The van der Waals surface area contributed by atoms with Crippen LogP contribution in [0, 0.1) is 11.8 Å². The number of anilines is 2. The Kier molecular flexibility index (Phi) is 9.54. The average molecular weight is 634 g/mol. The van der Waals surface area contributed by atoms with Crippen molar-refractivity contribution in [2.75, 3.05) is 49.8 Å². The molecule has 1 aliphatic rings. The van der Waals surface area contributed by atoms with Crippen LogP contribution >= 0.6 is 11.3 Å². The molecule has 6 nitrogen and oxygen atoms in total. The molecule has 0 unspecified atom stereocenters. The molecule has 1 aliphatic heterocycles. The van der Waals surface area contributed by atoms with Gasteiger partial charge in [0.25, 0.3) is 0 Å². The highest BCUT2D eigenvalue weighted by Gasteiger charge is 2.32. The number of alkyl halides is 6. The van der Waals surface area contributed by atoms with E-state index in [2.05, 4.69) is 27.4 Å². The van der Waals surface area contributed by atoms with Gasteiger partial charge >= 0.3 is 12.4 Å². The molecular weight excluding hydrogens is 604 g/mol. The second-order valence-electron chi connectivity index (χ2n) is 9.89. The van der Waals surface area contributed by atoms with Crippen molar-refractivity contribution in [3.8, 4) is 17.6 Å². The first-order valence-corrected chi connectivity index (χ1v) is 15.6. The van der Waals surface area contributed by atoms with E-state index in [1.807, 2.05) is 13.1 Å². The van der Waals surface area contributed by atoms with Gasteiger partial charge in [-0.05, 0) is 49.0 Å². The Hall–Kier alpha value is -3.15. The van der Waals surface area contributed by atoms with E-state index in [1.54, 1.807) is 12.1 Å². The molecule has 3 aromatic rings. The van der Waals surface area contributed by atoms with Gasteiger partial charge in [0.05, 0.1) is 38.8 Å². The number of rotatable bonds is 8. The number of thiophene rings is 1. The van der Waals surface area contributed by atoms with Gasteiger partial charge in [-0.1, -0.05) is 24.0 Å². The Bertz CT molecular complexity index is 1580. The molecule has 228 valence electrons. The summed E-state index contributed by atoms with van der Waals surface area (Å²) in [6, 6.07) is 9.13. The minimum absolute atomic E-state index is 0.0556. The largest absolute Gasteiger partial charge is 0.482 e. The lowest BCUT2D eigenvalue weighted by atomic mass is 10.0. The molecule has 1 aromatic heterocycles. The number of nitrogens with zero attached hydrogens (tertiary/aromatic N) is 1. The van der Waals surface area contributed by atoms with Crippen molar-refractivity contribution in [2.45, 2.75) is 42.6 Å². The number of hydrogen-bond donors (Lipinski definition) is 2. The number of hydrogen-bond acceptors (Lipinski definition) is 7. The summed E-state index contributed by atoms with van der Waals surface area (Å²) in [4.78, 5) is 2.19. The number of sulfone groups is 1. The second kappa shape index (κ2) is 12.6. The minimum atomic E-state index is -4.66. The Labute approximate surface area is 244 Å². The summed E-state index contributed by atoms with van der Waals surface area (Å²) in [6.45, 7) is -0.263. The molecule has 42 heavy (non-hydrogen) atoms. The third-order valence-corrected chi connectivity index (χ3v) is 9.06. The predicted octanol–water partition coefficient (Wildman–Crippen LogP) is 6.00. The number of fused-ring (bicyclic) bond motifs is 1. The smallest absolute Gasteiger partial charge is 0.422 e. The molecule has 4 rings (SSSR count). The molecule has 0 saturated carbocycles. The van der Waals surface area contributed by atoms with Gasteiger partial charge in [-0.25, -0.2) is 8.42 Å². The highest BCUT2D eigenvalue weighted by Crippen LogP contribution is 2.41. The first kappa shape index (κ1) is 31.8. The van der Waals surface area contributed by atoms with Crippen molar-refractivity contribution >= 4 is 42.6 Å². The van der Waals surface area contributed by atoms with Crippen LogP contribution < -0.4 is 20.3 Å². The minimum Gasteiger partial charge on any atom is -0.482 e. The number of nitrogens with one attached hydrogen (secondary N) is 2. The van der Waals surface area contributed by atoms with Gasteiger partial charge in [0.1, 0.15) is 5.75 Å². The second-order valence-corrected chi connectivity index (χ2v) is 12.9. The summed E-state index contributed by atoms with van der Waals surface area (Å²) in [5.41, 5.74) is 0.993. The molecule has 0 aliphatic carbocycles. The van der Waals surface area contributed by atoms with Crippen LogP contribution in [0.1, 0.15) is 23.3 Å². The summed E-state index contributed by atoms with van der Waals surface area (Å²) < 4.78 is 108. The fourth-order valence-electron chi connectivity index (χ4n) is 4.71. The van der Waals surface area contributed by atoms with Crippen molar-refractivity contribution < 1.29 is 39.5 Å². The lowest BCUT2D eigenvalue weighted by Gasteiger charge is -2.33. The molecule has 14 heteroatoms. The van der Waals surface area contributed by atoms with Crippen LogP contribution in [0.2, 0.25) is 0 Å². The highest BCUT2D eigenvalue weighted by atomic mass is 32.2. The summed E-state index contributed by atoms with van der Waals surface area (Å²) in [7, 11) is -1.81. The third-order valence-electron chi connectivity index (χ3n) is 6.76. The number of benzene rings is 2. The SMILES string of the molecule is CNC1CCN(c2cccc3c(CC(F)(F)F)c(C#CCNc4ccc(S(C)(=O)=O)cc4OCC(F)(F)F)sc23)CC1. The normalized spacial score (nSPS) is 15.0. The van der Waals surface area contributed by atoms with E-state index >= 15 is 0 Å². The molecule has 0 radical (unpaired) electrons. The number of halogens is 6. The fraction of sp³-hybridized carbons (Fsp3) is 0.429. The van der Waals surface area contributed by atoms with Crippen LogP contribution in [-0.2, 0) is 16.3 Å². The van der Waals surface area contributed by atoms with E-state index in [0.717, 1.165) is 48.6 Å². The van der Waals surface area contributed by atoms with Gasteiger partial charge < -0.3 is 20.3 Å². The molecule has 1 fully saturated rings. The first-order chi connectivity index (χ1) is 19.6. The predicted molar refractivity (Wildman–Crippen MR) is 152 cm³/mol. The first-order valence-electron chi connectivity index (χ1n) is 12.9. The van der Waals surface area contributed by atoms with Gasteiger partial charge in [-0.3, -0.25) is 0 Å². The van der Waals surface area contributed by atoms with E-state index < -0.39 is 35.2 Å². The third kappa shape index (κ3) is 8.23. The zero-order valence-electron chi connectivity index (χ0n) is 22.7. The maximum atomic E-state index is 13.6. The lowest BCUT2D eigenvalue weighted by Crippen LogP contribution is -2.41. The molecule has 1 saturated heterocycles. The Balaban J connectivity index is 1.62. The van der Waals surface area contributed by atoms with Gasteiger partial charge in [0.15, 0.2) is 16.4 Å². The van der Waals surface area contributed by atoms with Crippen LogP contribution in [0.15, 0.2) is 41.3 Å². The molecule has 0 bridgehead atoms. The van der Waals surface area contributed by atoms with Crippen LogP contribution in [0.5, 0.6) is 5.75 Å². The number of piperidine rings is 1. The zero-order chi connectivity index (χ0) is 30.7. The topological polar surface area (TPSA) is 70.7 Å². The van der Waals surface area contributed by atoms with Gasteiger partial charge in [-0.2, -0.15) is 26.3 Å². The van der Waals surface area contributed by atoms with Crippen LogP contribution in [0.25, 0.3) is 10.1 Å². The maximum absolute atomic E-state index is 13.6. The van der Waals surface area contributed by atoms with Crippen molar-refractivity contribution in [1.82, 2.24) is 5.32 Å². The maximum Gasteiger partial charge on any atom is 0.422 e. The lowest BCUT2D eigenvalue weighted by molar-refractivity contribution is -0.153. The van der Waals surface area contributed by atoms with Crippen LogP contribution in [0.3, 0.4) is 0 Å². The van der Waals surface area contributed by atoms with Crippen molar-refractivity contribution in [1.29, 1.82) is 0 Å². The van der Waals surface area contributed by atoms with E-state index in [9.17, 15) is 34.8 Å². The van der Waals surface area contributed by atoms with Crippen molar-refractivity contribution in [3.63, 3.8) is 0 Å². The molecule has 2 N–H and O–H groups in total. The fourth-order valence-corrected chi connectivity index (χ4v) is 6.58. The molecular formula is C28H29F6N3O3S2. The quantitative estimate of drug-likeness (QED) is 0.234. The standard InChI is InChI=1S/C28H29F6N3O3S2/c1-35-18-10-13-37(14-11-18)23-6-3-5-20-21(16-27(29,30)31)25(41-26(20)23)7-4-12-36-22-9-8-19(42(2,38)39)15-24(22)40-17-28(32,33)34/h3,5-6,8-9,15,18,35-36H,10-14,16-17H2,1-2H3. The Morgan fingerprint density at radius 1 is 1.07 bits per heavy atom. The van der Waals surface area contributed by atoms with E-state index in [0.29, 0.717) is 11.4 Å². The molecule has 0 spiro atoms. The molecule has 0 amide bonds. The summed E-state index contributed by atoms with van der Waals surface area (Å²) in [5.74, 6) is 5.23.